The maximum atomic E-state index is 11.3. The molecule has 0 bridgehead atoms. The van der Waals surface area contributed by atoms with Gasteiger partial charge in [-0.15, -0.1) is 0 Å². The van der Waals surface area contributed by atoms with Crippen LogP contribution in [0.3, 0.4) is 0 Å². The van der Waals surface area contributed by atoms with Crippen molar-refractivity contribution in [2.45, 2.75) is 32.7 Å². The molecule has 3 N–H and O–H groups in total. The van der Waals surface area contributed by atoms with Crippen LogP contribution >= 0.6 is 0 Å². The molecule has 1 amide bonds. The Morgan fingerprint density at radius 2 is 2.32 bits per heavy atom. The highest BCUT2D eigenvalue weighted by molar-refractivity contribution is 5.94. The molecule has 0 radical (unpaired) electrons. The molecule has 1 aromatic carbocycles. The van der Waals surface area contributed by atoms with Gasteiger partial charge in [0, 0.05) is 30.4 Å². The standard InChI is InChI=1S/C15H23N3O/c1-3-8-18(13-6-7-17-10-13)12-4-5-14(15(16)19)11(2)9-12/h4-5,9,13,17H,3,6-8,10H2,1-2H3,(H2,16,19). The summed E-state index contributed by atoms with van der Waals surface area (Å²) in [6, 6.07) is 6.49. The van der Waals surface area contributed by atoms with Gasteiger partial charge in [-0.1, -0.05) is 6.92 Å². The van der Waals surface area contributed by atoms with E-state index in [4.69, 9.17) is 5.73 Å². The summed E-state index contributed by atoms with van der Waals surface area (Å²) < 4.78 is 0. The van der Waals surface area contributed by atoms with E-state index < -0.39 is 0 Å². The van der Waals surface area contributed by atoms with Gasteiger partial charge in [0.2, 0.25) is 5.91 Å². The zero-order valence-electron chi connectivity index (χ0n) is 11.8. The Morgan fingerprint density at radius 3 is 2.84 bits per heavy atom. The zero-order valence-corrected chi connectivity index (χ0v) is 11.8. The summed E-state index contributed by atoms with van der Waals surface area (Å²) in [6.45, 7) is 7.31. The summed E-state index contributed by atoms with van der Waals surface area (Å²) >= 11 is 0. The highest BCUT2D eigenvalue weighted by Gasteiger charge is 2.22. The first-order valence-corrected chi connectivity index (χ1v) is 7.01. The molecule has 104 valence electrons. The predicted octanol–water partition coefficient (Wildman–Crippen LogP) is 1.67. The number of nitrogens with two attached hydrogens (primary N) is 1. The average Bonchev–Trinajstić information content (AvgIpc) is 2.89. The van der Waals surface area contributed by atoms with Crippen LogP contribution in [0.2, 0.25) is 0 Å². The van der Waals surface area contributed by atoms with Crippen LogP contribution in [0.5, 0.6) is 0 Å². The molecule has 0 aliphatic carbocycles. The molecule has 1 saturated heterocycles. The van der Waals surface area contributed by atoms with Crippen molar-refractivity contribution >= 4 is 11.6 Å². The lowest BCUT2D eigenvalue weighted by Gasteiger charge is -2.31. The number of rotatable bonds is 5. The van der Waals surface area contributed by atoms with Gasteiger partial charge in [-0.05, 0) is 50.1 Å². The smallest absolute Gasteiger partial charge is 0.248 e. The van der Waals surface area contributed by atoms with Crippen molar-refractivity contribution in [2.75, 3.05) is 24.5 Å². The lowest BCUT2D eigenvalue weighted by Crippen LogP contribution is -2.37. The Balaban J connectivity index is 2.26. The molecule has 1 aliphatic heterocycles. The van der Waals surface area contributed by atoms with Crippen molar-refractivity contribution in [1.82, 2.24) is 5.32 Å². The van der Waals surface area contributed by atoms with Crippen LogP contribution in [-0.4, -0.2) is 31.6 Å². The summed E-state index contributed by atoms with van der Waals surface area (Å²) in [7, 11) is 0. The Kier molecular flexibility index (Phi) is 4.43. The van der Waals surface area contributed by atoms with Gasteiger partial charge < -0.3 is 16.0 Å². The summed E-state index contributed by atoms with van der Waals surface area (Å²) in [4.78, 5) is 13.7. The SMILES string of the molecule is CCCN(c1ccc(C(N)=O)c(C)c1)C1CCNC1. The topological polar surface area (TPSA) is 58.4 Å². The lowest BCUT2D eigenvalue weighted by atomic mass is 10.1. The molecular formula is C15H23N3O. The fourth-order valence-corrected chi connectivity index (χ4v) is 2.77. The van der Waals surface area contributed by atoms with E-state index in [0.717, 1.165) is 31.6 Å². The third-order valence-electron chi connectivity index (χ3n) is 3.75. The molecule has 0 aromatic heterocycles. The van der Waals surface area contributed by atoms with E-state index in [2.05, 4.69) is 23.2 Å². The number of hydrogen-bond acceptors (Lipinski definition) is 3. The van der Waals surface area contributed by atoms with Crippen LogP contribution in [0.25, 0.3) is 0 Å². The van der Waals surface area contributed by atoms with Gasteiger partial charge in [0.05, 0.1) is 0 Å². The van der Waals surface area contributed by atoms with Gasteiger partial charge in [0.25, 0.3) is 0 Å². The Labute approximate surface area is 115 Å². The molecule has 1 fully saturated rings. The molecule has 4 heteroatoms. The first-order valence-electron chi connectivity index (χ1n) is 7.01. The highest BCUT2D eigenvalue weighted by Crippen LogP contribution is 2.23. The van der Waals surface area contributed by atoms with Crippen LogP contribution in [0.4, 0.5) is 5.69 Å². The number of carbonyl (C=O) groups is 1. The summed E-state index contributed by atoms with van der Waals surface area (Å²) in [5, 5.41) is 3.41. The van der Waals surface area contributed by atoms with Gasteiger partial charge in [-0.2, -0.15) is 0 Å². The second-order valence-electron chi connectivity index (χ2n) is 5.20. The number of nitrogens with one attached hydrogen (secondary N) is 1. The molecule has 19 heavy (non-hydrogen) atoms. The first-order chi connectivity index (χ1) is 9.13. The fourth-order valence-electron chi connectivity index (χ4n) is 2.77. The number of hydrogen-bond donors (Lipinski definition) is 2. The monoisotopic (exact) mass is 261 g/mol. The third kappa shape index (κ3) is 3.07. The molecule has 1 aromatic rings. The maximum absolute atomic E-state index is 11.3. The molecule has 1 unspecified atom stereocenters. The zero-order chi connectivity index (χ0) is 13.8. The van der Waals surface area contributed by atoms with Crippen LogP contribution < -0.4 is 16.0 Å². The molecular weight excluding hydrogens is 238 g/mol. The van der Waals surface area contributed by atoms with Crippen LogP contribution in [0.15, 0.2) is 18.2 Å². The van der Waals surface area contributed by atoms with Crippen molar-refractivity contribution in [3.05, 3.63) is 29.3 Å². The third-order valence-corrected chi connectivity index (χ3v) is 3.75. The normalized spacial score (nSPS) is 18.5. The Hall–Kier alpha value is -1.55. The lowest BCUT2D eigenvalue weighted by molar-refractivity contribution is 0.1000. The maximum Gasteiger partial charge on any atom is 0.248 e. The van der Waals surface area contributed by atoms with Crippen molar-refractivity contribution in [3.63, 3.8) is 0 Å². The van der Waals surface area contributed by atoms with Gasteiger partial charge >= 0.3 is 0 Å². The van der Waals surface area contributed by atoms with E-state index in [0.29, 0.717) is 11.6 Å². The van der Waals surface area contributed by atoms with E-state index in [1.807, 2.05) is 19.1 Å². The Bertz CT molecular complexity index is 453. The molecule has 1 aliphatic rings. The number of primary amides is 1. The highest BCUT2D eigenvalue weighted by atomic mass is 16.1. The average molecular weight is 261 g/mol. The number of nitrogens with zero attached hydrogens (tertiary/aromatic N) is 1. The number of anilines is 1. The molecule has 1 heterocycles. The van der Waals surface area contributed by atoms with Gasteiger partial charge in [-0.25, -0.2) is 0 Å². The largest absolute Gasteiger partial charge is 0.367 e. The van der Waals surface area contributed by atoms with Gasteiger partial charge in [-0.3, -0.25) is 4.79 Å². The van der Waals surface area contributed by atoms with Crippen LogP contribution in [0.1, 0.15) is 35.7 Å². The number of benzene rings is 1. The minimum Gasteiger partial charge on any atom is -0.367 e. The first kappa shape index (κ1) is 13.9. The van der Waals surface area contributed by atoms with E-state index in [9.17, 15) is 4.79 Å². The molecule has 4 nitrogen and oxygen atoms in total. The number of carbonyl (C=O) groups excluding carboxylic acids is 1. The van der Waals surface area contributed by atoms with Crippen molar-refractivity contribution in [1.29, 1.82) is 0 Å². The predicted molar refractivity (Wildman–Crippen MR) is 78.6 cm³/mol. The summed E-state index contributed by atoms with van der Waals surface area (Å²) in [5.74, 6) is -0.353. The van der Waals surface area contributed by atoms with Crippen LogP contribution in [-0.2, 0) is 0 Å². The minimum atomic E-state index is -0.353. The summed E-state index contributed by atoms with van der Waals surface area (Å²) in [6.07, 6.45) is 2.30. The molecule has 0 saturated carbocycles. The Morgan fingerprint density at radius 1 is 1.53 bits per heavy atom. The van der Waals surface area contributed by atoms with E-state index in [1.165, 1.54) is 12.1 Å². The molecule has 0 spiro atoms. The van der Waals surface area contributed by atoms with Crippen LogP contribution in [0, 0.1) is 6.92 Å². The van der Waals surface area contributed by atoms with Crippen molar-refractivity contribution < 1.29 is 4.79 Å². The van der Waals surface area contributed by atoms with E-state index >= 15 is 0 Å². The van der Waals surface area contributed by atoms with Crippen molar-refractivity contribution in [3.8, 4) is 0 Å². The quantitative estimate of drug-likeness (QED) is 0.847. The second-order valence-corrected chi connectivity index (χ2v) is 5.20. The van der Waals surface area contributed by atoms with E-state index in [1.54, 1.807) is 0 Å². The minimum absolute atomic E-state index is 0.353. The summed E-state index contributed by atoms with van der Waals surface area (Å²) in [5.41, 5.74) is 8.12. The van der Waals surface area contributed by atoms with E-state index in [-0.39, 0.29) is 5.91 Å². The van der Waals surface area contributed by atoms with Crippen molar-refractivity contribution in [2.24, 2.45) is 5.73 Å². The molecule has 2 rings (SSSR count). The second kappa shape index (κ2) is 6.06. The van der Waals surface area contributed by atoms with Gasteiger partial charge in [0.15, 0.2) is 0 Å². The fraction of sp³-hybridized carbons (Fsp3) is 0.533. The number of amides is 1. The number of aryl methyl sites for hydroxylation is 1. The molecule has 1 atom stereocenters. The van der Waals surface area contributed by atoms with Gasteiger partial charge in [0.1, 0.15) is 0 Å².